The van der Waals surface area contributed by atoms with E-state index in [-0.39, 0.29) is 6.04 Å². The minimum Gasteiger partial charge on any atom is -0.368 e. The molecule has 0 amide bonds. The van der Waals surface area contributed by atoms with Gasteiger partial charge in [0.25, 0.3) is 0 Å². The fourth-order valence-corrected chi connectivity index (χ4v) is 6.16. The Hall–Kier alpha value is -1.90. The van der Waals surface area contributed by atoms with E-state index in [9.17, 15) is 4.21 Å². The van der Waals surface area contributed by atoms with Crippen LogP contribution >= 0.6 is 11.6 Å². The topological polar surface area (TPSA) is 78.6 Å². The summed E-state index contributed by atoms with van der Waals surface area (Å²) in [5, 5.41) is 0.756. The fraction of sp³-hybridized carbons (Fsp3) is 0.524. The van der Waals surface area contributed by atoms with E-state index in [1.807, 2.05) is 12.1 Å². The summed E-state index contributed by atoms with van der Waals surface area (Å²) in [5.41, 5.74) is 8.16. The molecule has 0 saturated carbocycles. The van der Waals surface area contributed by atoms with Crippen LogP contribution < -0.4 is 20.4 Å². The maximum Gasteiger partial charge on any atom is 0.227 e. The second-order valence-electron chi connectivity index (χ2n) is 8.10. The number of aromatic nitrogens is 2. The Labute approximate surface area is 184 Å². The van der Waals surface area contributed by atoms with Crippen molar-refractivity contribution in [1.82, 2.24) is 9.97 Å². The van der Waals surface area contributed by atoms with E-state index < -0.39 is 10.8 Å². The van der Waals surface area contributed by atoms with Crippen molar-refractivity contribution in [3.8, 4) is 0 Å². The molecular formula is C21H27ClN6OS. The molecule has 3 aliphatic heterocycles. The van der Waals surface area contributed by atoms with Gasteiger partial charge >= 0.3 is 0 Å². The third kappa shape index (κ3) is 3.65. The minimum atomic E-state index is -1.01. The van der Waals surface area contributed by atoms with Crippen LogP contribution in [0.25, 0.3) is 0 Å². The van der Waals surface area contributed by atoms with Gasteiger partial charge in [-0.2, -0.15) is 4.98 Å². The first-order chi connectivity index (χ1) is 14.6. The molecule has 30 heavy (non-hydrogen) atoms. The zero-order valence-electron chi connectivity index (χ0n) is 17.0. The third-order valence-corrected chi connectivity index (χ3v) is 8.03. The smallest absolute Gasteiger partial charge is 0.227 e. The van der Waals surface area contributed by atoms with Crippen molar-refractivity contribution in [2.45, 2.75) is 30.2 Å². The summed E-state index contributed by atoms with van der Waals surface area (Å²) in [6.07, 6.45) is 2.93. The third-order valence-electron chi connectivity index (χ3n) is 6.33. The highest BCUT2D eigenvalue weighted by atomic mass is 35.5. The minimum absolute atomic E-state index is 0.274. The van der Waals surface area contributed by atoms with Gasteiger partial charge < -0.3 is 20.4 Å². The average molecular weight is 447 g/mol. The van der Waals surface area contributed by atoms with Crippen molar-refractivity contribution >= 4 is 39.9 Å². The van der Waals surface area contributed by atoms with Gasteiger partial charge in [-0.1, -0.05) is 11.6 Å². The van der Waals surface area contributed by atoms with E-state index in [1.54, 1.807) is 0 Å². The molecule has 9 heteroatoms. The van der Waals surface area contributed by atoms with Crippen LogP contribution in [0.3, 0.4) is 0 Å². The molecule has 2 fully saturated rings. The lowest BCUT2D eigenvalue weighted by Gasteiger charge is -2.36. The number of benzene rings is 1. The standard InChI is InChI=1S/C21H27ClN6OS/c22-15-3-5-16(6-4-15)26-9-11-27(12-10-26)21-24-18-7-13-30(29)19(18)20(25-21)28-8-1-2-17(28)14-23/h3-6,17H,1-2,7-14,23H2/t17-,30?/m1/s1. The molecule has 2 saturated heterocycles. The van der Waals surface area contributed by atoms with Gasteiger partial charge in [0.15, 0.2) is 5.82 Å². The number of anilines is 3. The predicted octanol–water partition coefficient (Wildman–Crippen LogP) is 2.05. The Morgan fingerprint density at radius 2 is 1.80 bits per heavy atom. The molecule has 1 aromatic carbocycles. The van der Waals surface area contributed by atoms with Crippen LogP contribution in [0, 0.1) is 0 Å². The average Bonchev–Trinajstić information content (AvgIpc) is 3.40. The number of halogens is 1. The largest absolute Gasteiger partial charge is 0.368 e. The Morgan fingerprint density at radius 1 is 1.07 bits per heavy atom. The van der Waals surface area contributed by atoms with Crippen molar-refractivity contribution in [3.05, 3.63) is 35.0 Å². The number of rotatable bonds is 4. The molecule has 2 N–H and O–H groups in total. The first-order valence-electron chi connectivity index (χ1n) is 10.7. The molecule has 7 nitrogen and oxygen atoms in total. The van der Waals surface area contributed by atoms with E-state index in [0.717, 1.165) is 79.4 Å². The summed E-state index contributed by atoms with van der Waals surface area (Å²) in [6, 6.07) is 8.28. The van der Waals surface area contributed by atoms with Crippen LogP contribution in [-0.4, -0.2) is 65.2 Å². The fourth-order valence-electron chi connectivity index (χ4n) is 4.68. The molecule has 0 radical (unpaired) electrons. The van der Waals surface area contributed by atoms with E-state index in [0.29, 0.717) is 12.3 Å². The van der Waals surface area contributed by atoms with Crippen molar-refractivity contribution in [3.63, 3.8) is 0 Å². The van der Waals surface area contributed by atoms with Crippen molar-refractivity contribution in [2.24, 2.45) is 5.73 Å². The summed E-state index contributed by atoms with van der Waals surface area (Å²) in [5.74, 6) is 2.27. The van der Waals surface area contributed by atoms with Crippen LogP contribution in [0.4, 0.5) is 17.5 Å². The van der Waals surface area contributed by atoms with Gasteiger partial charge in [0.2, 0.25) is 5.95 Å². The van der Waals surface area contributed by atoms with E-state index in [2.05, 4.69) is 26.8 Å². The maximum atomic E-state index is 12.7. The van der Waals surface area contributed by atoms with Crippen LogP contribution in [0.15, 0.2) is 29.2 Å². The van der Waals surface area contributed by atoms with Gasteiger partial charge in [0.05, 0.1) is 16.5 Å². The number of nitrogens with two attached hydrogens (primary N) is 1. The zero-order chi connectivity index (χ0) is 20.7. The van der Waals surface area contributed by atoms with Crippen LogP contribution in [0.1, 0.15) is 18.5 Å². The molecule has 4 heterocycles. The molecule has 160 valence electrons. The number of nitrogens with zero attached hydrogens (tertiary/aromatic N) is 5. The predicted molar refractivity (Wildman–Crippen MR) is 122 cm³/mol. The summed E-state index contributed by atoms with van der Waals surface area (Å²) < 4.78 is 12.7. The monoisotopic (exact) mass is 446 g/mol. The molecule has 0 aliphatic carbocycles. The summed E-state index contributed by atoms with van der Waals surface area (Å²) in [4.78, 5) is 17.6. The lowest BCUT2D eigenvalue weighted by atomic mass is 10.2. The second kappa shape index (κ2) is 8.32. The molecule has 0 spiro atoms. The quantitative estimate of drug-likeness (QED) is 0.769. The van der Waals surface area contributed by atoms with Gasteiger partial charge in [-0.3, -0.25) is 4.21 Å². The summed E-state index contributed by atoms with van der Waals surface area (Å²) in [6.45, 7) is 5.03. The first-order valence-corrected chi connectivity index (χ1v) is 12.3. The Bertz CT molecular complexity index is 947. The first kappa shape index (κ1) is 20.0. The van der Waals surface area contributed by atoms with Gasteiger partial charge in [-0.05, 0) is 37.1 Å². The second-order valence-corrected chi connectivity index (χ2v) is 10.0. The highest BCUT2D eigenvalue weighted by Gasteiger charge is 2.34. The molecule has 1 aromatic heterocycles. The maximum absolute atomic E-state index is 12.7. The van der Waals surface area contributed by atoms with Gasteiger partial charge in [0, 0.05) is 68.2 Å². The molecule has 0 bridgehead atoms. The van der Waals surface area contributed by atoms with Crippen LogP contribution in [-0.2, 0) is 17.2 Å². The highest BCUT2D eigenvalue weighted by molar-refractivity contribution is 7.85. The SMILES string of the molecule is NC[C@H]1CCCN1c1nc(N2CCN(c3ccc(Cl)cc3)CC2)nc2c1S(=O)CC2. The normalized spacial score (nSPS) is 23.9. The van der Waals surface area contributed by atoms with E-state index in [1.165, 1.54) is 5.69 Å². The van der Waals surface area contributed by atoms with Crippen molar-refractivity contribution < 1.29 is 4.21 Å². The molecule has 1 unspecified atom stereocenters. The molecule has 3 aliphatic rings. The molecule has 2 aromatic rings. The Balaban J connectivity index is 1.40. The molecule has 2 atom stereocenters. The molecular weight excluding hydrogens is 420 g/mol. The van der Waals surface area contributed by atoms with E-state index in [4.69, 9.17) is 27.3 Å². The highest BCUT2D eigenvalue weighted by Crippen LogP contribution is 2.35. The van der Waals surface area contributed by atoms with Crippen LogP contribution in [0.5, 0.6) is 0 Å². The van der Waals surface area contributed by atoms with E-state index >= 15 is 0 Å². The zero-order valence-corrected chi connectivity index (χ0v) is 18.5. The summed E-state index contributed by atoms with van der Waals surface area (Å²) in [7, 11) is -1.01. The number of hydrogen-bond donors (Lipinski definition) is 1. The van der Waals surface area contributed by atoms with Crippen LogP contribution in [0.2, 0.25) is 5.02 Å². The lowest BCUT2D eigenvalue weighted by molar-refractivity contribution is 0.630. The van der Waals surface area contributed by atoms with Crippen molar-refractivity contribution in [1.29, 1.82) is 0 Å². The summed E-state index contributed by atoms with van der Waals surface area (Å²) >= 11 is 6.02. The number of hydrogen-bond acceptors (Lipinski definition) is 7. The Kier molecular flexibility index (Phi) is 5.56. The van der Waals surface area contributed by atoms with Gasteiger partial charge in [-0.15, -0.1) is 0 Å². The van der Waals surface area contributed by atoms with Gasteiger partial charge in [0.1, 0.15) is 4.90 Å². The Morgan fingerprint density at radius 3 is 2.53 bits per heavy atom. The molecule has 5 rings (SSSR count). The number of fused-ring (bicyclic) bond motifs is 1. The number of aryl methyl sites for hydroxylation is 1. The lowest BCUT2D eigenvalue weighted by Crippen LogP contribution is -2.47. The number of piperazine rings is 1. The van der Waals surface area contributed by atoms with Crippen molar-refractivity contribution in [2.75, 3.05) is 59.7 Å². The van der Waals surface area contributed by atoms with Gasteiger partial charge in [-0.25, -0.2) is 4.98 Å².